The third-order valence-electron chi connectivity index (χ3n) is 4.20. The van der Waals surface area contributed by atoms with Crippen LogP contribution in [0, 0.1) is 5.92 Å². The Bertz CT molecular complexity index is 572. The maximum atomic E-state index is 11.9. The monoisotopic (exact) mass is 280 g/mol. The van der Waals surface area contributed by atoms with Crippen LogP contribution in [-0.2, 0) is 6.54 Å². The number of hydrogen-bond acceptors (Lipinski definition) is 4. The molecule has 1 aliphatic carbocycles. The number of hydrogen-bond donors (Lipinski definition) is 3. The quantitative estimate of drug-likeness (QED) is 0.736. The van der Waals surface area contributed by atoms with Gasteiger partial charge in [-0.3, -0.25) is 14.3 Å². The molecule has 1 aromatic heterocycles. The van der Waals surface area contributed by atoms with Crippen LogP contribution in [0.4, 0.5) is 11.5 Å². The summed E-state index contributed by atoms with van der Waals surface area (Å²) in [4.78, 5) is 26.1. The molecule has 1 unspecified atom stereocenters. The third-order valence-corrected chi connectivity index (χ3v) is 4.20. The molecule has 112 valence electrons. The van der Waals surface area contributed by atoms with Crippen LogP contribution in [0.3, 0.4) is 0 Å². The molecular weight excluding hydrogens is 256 g/mol. The van der Waals surface area contributed by atoms with E-state index in [1.807, 2.05) is 6.92 Å². The van der Waals surface area contributed by atoms with Gasteiger partial charge in [-0.05, 0) is 32.1 Å². The molecule has 0 amide bonds. The van der Waals surface area contributed by atoms with Gasteiger partial charge in [-0.15, -0.1) is 0 Å². The number of nitrogen functional groups attached to an aromatic ring is 1. The topological polar surface area (TPSA) is 92.9 Å². The van der Waals surface area contributed by atoms with Crippen LogP contribution in [0.5, 0.6) is 0 Å². The predicted molar refractivity (Wildman–Crippen MR) is 81.1 cm³/mol. The molecule has 0 bridgehead atoms. The first-order valence-electron chi connectivity index (χ1n) is 7.43. The van der Waals surface area contributed by atoms with E-state index in [0.29, 0.717) is 18.2 Å². The van der Waals surface area contributed by atoms with Gasteiger partial charge in [0.2, 0.25) is 0 Å². The molecule has 0 spiro atoms. The third kappa shape index (κ3) is 2.89. The Kier molecular flexibility index (Phi) is 4.52. The Hall–Kier alpha value is -1.72. The molecule has 6 heteroatoms. The van der Waals surface area contributed by atoms with Crippen LogP contribution in [-0.4, -0.2) is 15.6 Å². The zero-order valence-corrected chi connectivity index (χ0v) is 12.2. The summed E-state index contributed by atoms with van der Waals surface area (Å²) in [5, 5.41) is 3.20. The molecule has 0 saturated heterocycles. The van der Waals surface area contributed by atoms with Gasteiger partial charge in [0.15, 0.2) is 0 Å². The predicted octanol–water partition coefficient (Wildman–Crippen LogP) is 1.52. The molecule has 20 heavy (non-hydrogen) atoms. The van der Waals surface area contributed by atoms with E-state index in [9.17, 15) is 9.59 Å². The first kappa shape index (κ1) is 14.7. The normalized spacial score (nSPS) is 16.7. The second kappa shape index (κ2) is 6.15. The van der Waals surface area contributed by atoms with Gasteiger partial charge in [-0.2, -0.15) is 0 Å². The molecule has 2 rings (SSSR count). The standard InChI is InChI=1S/C14H24N4O2/c1-3-4-8-18-12(15)11(13(19)17-14(18)20)16-9(2)10-6-5-7-10/h9-10,16H,3-8,15H2,1-2H3,(H,17,19,20). The minimum Gasteiger partial charge on any atom is -0.383 e. The smallest absolute Gasteiger partial charge is 0.330 e. The molecule has 0 radical (unpaired) electrons. The lowest BCUT2D eigenvalue weighted by molar-refractivity contribution is 0.285. The van der Waals surface area contributed by atoms with Crippen LogP contribution < -0.4 is 22.3 Å². The summed E-state index contributed by atoms with van der Waals surface area (Å²) in [6, 6.07) is 0.198. The first-order chi connectivity index (χ1) is 9.54. The van der Waals surface area contributed by atoms with Crippen molar-refractivity contribution in [1.82, 2.24) is 9.55 Å². The van der Waals surface area contributed by atoms with Crippen LogP contribution in [0.2, 0.25) is 0 Å². The highest BCUT2D eigenvalue weighted by atomic mass is 16.2. The molecule has 1 aromatic rings. The van der Waals surface area contributed by atoms with E-state index in [-0.39, 0.29) is 11.9 Å². The van der Waals surface area contributed by atoms with Gasteiger partial charge in [0.1, 0.15) is 11.5 Å². The second-order valence-electron chi connectivity index (χ2n) is 5.65. The number of unbranched alkanes of at least 4 members (excludes halogenated alkanes) is 1. The number of aromatic amines is 1. The summed E-state index contributed by atoms with van der Waals surface area (Å²) in [6.07, 6.45) is 5.43. The maximum absolute atomic E-state index is 11.9. The highest BCUT2D eigenvalue weighted by Gasteiger charge is 2.25. The lowest BCUT2D eigenvalue weighted by atomic mass is 9.80. The molecule has 6 nitrogen and oxygen atoms in total. The number of nitrogens with two attached hydrogens (primary N) is 1. The second-order valence-corrected chi connectivity index (χ2v) is 5.65. The summed E-state index contributed by atoms with van der Waals surface area (Å²) in [6.45, 7) is 4.64. The molecule has 1 fully saturated rings. The number of nitrogens with zero attached hydrogens (tertiary/aromatic N) is 1. The number of anilines is 2. The van der Waals surface area contributed by atoms with E-state index in [2.05, 4.69) is 17.2 Å². The van der Waals surface area contributed by atoms with Gasteiger partial charge < -0.3 is 11.1 Å². The summed E-state index contributed by atoms with van der Waals surface area (Å²) in [7, 11) is 0. The van der Waals surface area contributed by atoms with Crippen molar-refractivity contribution < 1.29 is 0 Å². The molecular formula is C14H24N4O2. The Morgan fingerprint density at radius 2 is 2.15 bits per heavy atom. The Morgan fingerprint density at radius 3 is 2.70 bits per heavy atom. The highest BCUT2D eigenvalue weighted by Crippen LogP contribution is 2.31. The summed E-state index contributed by atoms with van der Waals surface area (Å²) in [5.74, 6) is 0.836. The van der Waals surface area contributed by atoms with Crippen molar-refractivity contribution >= 4 is 11.5 Å². The van der Waals surface area contributed by atoms with Gasteiger partial charge >= 0.3 is 5.69 Å². The van der Waals surface area contributed by atoms with Crippen molar-refractivity contribution in [2.24, 2.45) is 5.92 Å². The fourth-order valence-electron chi connectivity index (χ4n) is 2.55. The average molecular weight is 280 g/mol. The molecule has 1 saturated carbocycles. The van der Waals surface area contributed by atoms with Crippen molar-refractivity contribution in [1.29, 1.82) is 0 Å². The molecule has 1 atom stereocenters. The van der Waals surface area contributed by atoms with Gasteiger partial charge in [0.05, 0.1) is 0 Å². The fourth-order valence-corrected chi connectivity index (χ4v) is 2.55. The van der Waals surface area contributed by atoms with E-state index in [1.54, 1.807) is 0 Å². The lowest BCUT2D eigenvalue weighted by Crippen LogP contribution is -2.38. The largest absolute Gasteiger partial charge is 0.383 e. The number of aromatic nitrogens is 2. The molecule has 0 aliphatic heterocycles. The van der Waals surface area contributed by atoms with Crippen LogP contribution in [0.1, 0.15) is 46.0 Å². The molecule has 0 aromatic carbocycles. The molecule has 4 N–H and O–H groups in total. The molecule has 1 heterocycles. The average Bonchev–Trinajstić information content (AvgIpc) is 2.32. The highest BCUT2D eigenvalue weighted by molar-refractivity contribution is 5.60. The summed E-state index contributed by atoms with van der Waals surface area (Å²) >= 11 is 0. The van der Waals surface area contributed by atoms with Crippen molar-refractivity contribution in [3.8, 4) is 0 Å². The van der Waals surface area contributed by atoms with Crippen molar-refractivity contribution in [2.45, 2.75) is 58.5 Å². The first-order valence-corrected chi connectivity index (χ1v) is 7.43. The van der Waals surface area contributed by atoms with E-state index < -0.39 is 11.2 Å². The zero-order valence-electron chi connectivity index (χ0n) is 12.2. The van der Waals surface area contributed by atoms with Crippen LogP contribution >= 0.6 is 0 Å². The van der Waals surface area contributed by atoms with E-state index >= 15 is 0 Å². The number of H-pyrrole nitrogens is 1. The van der Waals surface area contributed by atoms with Gasteiger partial charge in [-0.1, -0.05) is 19.8 Å². The minimum atomic E-state index is -0.428. The lowest BCUT2D eigenvalue weighted by Gasteiger charge is -2.32. The number of nitrogens with one attached hydrogen (secondary N) is 2. The maximum Gasteiger partial charge on any atom is 0.330 e. The summed E-state index contributed by atoms with van der Waals surface area (Å²) < 4.78 is 1.45. The Morgan fingerprint density at radius 1 is 1.45 bits per heavy atom. The van der Waals surface area contributed by atoms with Crippen molar-refractivity contribution in [3.05, 3.63) is 20.8 Å². The van der Waals surface area contributed by atoms with E-state index in [4.69, 9.17) is 5.73 Å². The number of rotatable bonds is 6. The minimum absolute atomic E-state index is 0.198. The zero-order chi connectivity index (χ0) is 14.7. The van der Waals surface area contributed by atoms with Crippen LogP contribution in [0.25, 0.3) is 0 Å². The molecule has 1 aliphatic rings. The fraction of sp³-hybridized carbons (Fsp3) is 0.714. The van der Waals surface area contributed by atoms with Crippen molar-refractivity contribution in [3.63, 3.8) is 0 Å². The van der Waals surface area contributed by atoms with Gasteiger partial charge in [0.25, 0.3) is 5.56 Å². The van der Waals surface area contributed by atoms with E-state index in [0.717, 1.165) is 12.8 Å². The van der Waals surface area contributed by atoms with E-state index in [1.165, 1.54) is 23.8 Å². The van der Waals surface area contributed by atoms with Crippen LogP contribution in [0.15, 0.2) is 9.59 Å². The summed E-state index contributed by atoms with van der Waals surface area (Å²) in [5.41, 5.74) is 5.49. The Labute approximate surface area is 118 Å². The van der Waals surface area contributed by atoms with Gasteiger partial charge in [-0.25, -0.2) is 4.79 Å². The SMILES string of the molecule is CCCCn1c(N)c(NC(C)C2CCC2)c(=O)[nH]c1=O. The van der Waals surface area contributed by atoms with Gasteiger partial charge in [0, 0.05) is 12.6 Å². The van der Waals surface area contributed by atoms with Crippen molar-refractivity contribution in [2.75, 3.05) is 11.1 Å². The Balaban J connectivity index is 2.26.